The Morgan fingerprint density at radius 1 is 1.24 bits per heavy atom. The lowest BCUT2D eigenvalue weighted by atomic mass is 10.2. The summed E-state index contributed by atoms with van der Waals surface area (Å²) in [4.78, 5) is 23.0. The Bertz CT molecular complexity index is 444. The van der Waals surface area contributed by atoms with Crippen LogP contribution in [0.4, 0.5) is 4.39 Å². The summed E-state index contributed by atoms with van der Waals surface area (Å²) in [6.07, 6.45) is 0.859. The molecule has 0 aromatic heterocycles. The molecule has 2 atom stereocenters. The van der Waals surface area contributed by atoms with Crippen molar-refractivity contribution in [2.75, 3.05) is 0 Å². The number of hydrogen-bond acceptors (Lipinski definition) is 2. The molecule has 0 aliphatic heterocycles. The van der Waals surface area contributed by atoms with Gasteiger partial charge in [-0.1, -0.05) is 6.92 Å². The van der Waals surface area contributed by atoms with E-state index in [9.17, 15) is 14.0 Å². The number of benzene rings is 1. The van der Waals surface area contributed by atoms with Gasteiger partial charge < -0.3 is 0 Å². The quantitative estimate of drug-likeness (QED) is 0.759. The highest BCUT2D eigenvalue weighted by Crippen LogP contribution is 2.37. The molecule has 1 aliphatic carbocycles. The molecule has 1 aromatic carbocycles. The van der Waals surface area contributed by atoms with Crippen LogP contribution in [0.1, 0.15) is 23.7 Å². The Balaban J connectivity index is 1.85. The van der Waals surface area contributed by atoms with Crippen LogP contribution in [0.25, 0.3) is 0 Å². The van der Waals surface area contributed by atoms with Crippen LogP contribution in [0.15, 0.2) is 24.3 Å². The summed E-state index contributed by atoms with van der Waals surface area (Å²) in [5.41, 5.74) is 4.96. The van der Waals surface area contributed by atoms with E-state index in [-0.39, 0.29) is 11.8 Å². The van der Waals surface area contributed by atoms with Crippen molar-refractivity contribution < 1.29 is 14.0 Å². The number of carbonyl (C=O) groups excluding carboxylic acids is 2. The first-order chi connectivity index (χ1) is 8.08. The lowest BCUT2D eigenvalue weighted by Crippen LogP contribution is -2.42. The van der Waals surface area contributed by atoms with Crippen LogP contribution >= 0.6 is 0 Å². The van der Waals surface area contributed by atoms with Crippen molar-refractivity contribution in [2.45, 2.75) is 13.3 Å². The Kier molecular flexibility index (Phi) is 3.08. The molecule has 0 radical (unpaired) electrons. The molecule has 90 valence electrons. The molecule has 5 heteroatoms. The van der Waals surface area contributed by atoms with Gasteiger partial charge in [0.1, 0.15) is 5.82 Å². The zero-order chi connectivity index (χ0) is 12.4. The minimum Gasteiger partial charge on any atom is -0.273 e. The van der Waals surface area contributed by atoms with E-state index in [1.807, 2.05) is 6.92 Å². The van der Waals surface area contributed by atoms with Crippen LogP contribution in [0.2, 0.25) is 0 Å². The number of nitrogens with one attached hydrogen (secondary N) is 2. The van der Waals surface area contributed by atoms with Crippen LogP contribution in [0, 0.1) is 17.7 Å². The van der Waals surface area contributed by atoms with Crippen LogP contribution in [-0.4, -0.2) is 11.8 Å². The van der Waals surface area contributed by atoms with Gasteiger partial charge >= 0.3 is 0 Å². The van der Waals surface area contributed by atoms with Crippen LogP contribution < -0.4 is 10.9 Å². The van der Waals surface area contributed by atoms with Crippen molar-refractivity contribution in [3.05, 3.63) is 35.6 Å². The van der Waals surface area contributed by atoms with Crippen molar-refractivity contribution in [3.8, 4) is 0 Å². The second-order valence-corrected chi connectivity index (χ2v) is 4.27. The minimum atomic E-state index is -0.452. The van der Waals surface area contributed by atoms with E-state index in [0.717, 1.165) is 6.42 Å². The highest BCUT2D eigenvalue weighted by atomic mass is 19.1. The predicted molar refractivity (Wildman–Crippen MR) is 59.3 cm³/mol. The van der Waals surface area contributed by atoms with Gasteiger partial charge in [-0.3, -0.25) is 20.4 Å². The Morgan fingerprint density at radius 3 is 2.35 bits per heavy atom. The first-order valence-electron chi connectivity index (χ1n) is 5.43. The number of amides is 2. The zero-order valence-electron chi connectivity index (χ0n) is 9.37. The summed E-state index contributed by atoms with van der Waals surface area (Å²) >= 11 is 0. The number of hydrogen-bond donors (Lipinski definition) is 2. The number of carbonyl (C=O) groups is 2. The largest absolute Gasteiger partial charge is 0.273 e. The van der Waals surface area contributed by atoms with Gasteiger partial charge in [0.15, 0.2) is 0 Å². The van der Waals surface area contributed by atoms with Gasteiger partial charge in [-0.2, -0.15) is 0 Å². The first-order valence-corrected chi connectivity index (χ1v) is 5.43. The van der Waals surface area contributed by atoms with E-state index in [4.69, 9.17) is 0 Å². The third kappa shape index (κ3) is 2.81. The summed E-state index contributed by atoms with van der Waals surface area (Å²) in [6, 6.07) is 5.10. The Labute approximate surface area is 98.2 Å². The van der Waals surface area contributed by atoms with Crippen LogP contribution in [0.3, 0.4) is 0 Å². The molecule has 0 unspecified atom stereocenters. The maximum absolute atomic E-state index is 12.6. The van der Waals surface area contributed by atoms with E-state index in [1.165, 1.54) is 24.3 Å². The van der Waals surface area contributed by atoms with Gasteiger partial charge in [0.2, 0.25) is 5.91 Å². The van der Waals surface area contributed by atoms with Crippen molar-refractivity contribution in [3.63, 3.8) is 0 Å². The molecule has 0 bridgehead atoms. The highest BCUT2D eigenvalue weighted by Gasteiger charge is 2.39. The van der Waals surface area contributed by atoms with Crippen LogP contribution in [0.5, 0.6) is 0 Å². The van der Waals surface area contributed by atoms with E-state index in [2.05, 4.69) is 10.9 Å². The molecule has 2 N–H and O–H groups in total. The summed E-state index contributed by atoms with van der Waals surface area (Å²) in [5, 5.41) is 0. The van der Waals surface area contributed by atoms with Gasteiger partial charge in [0, 0.05) is 11.5 Å². The SMILES string of the molecule is C[C@@H]1C[C@H]1C(=O)NNC(=O)c1ccc(F)cc1. The molecule has 1 fully saturated rings. The second kappa shape index (κ2) is 4.53. The monoisotopic (exact) mass is 236 g/mol. The fourth-order valence-electron chi connectivity index (χ4n) is 1.57. The normalized spacial score (nSPS) is 21.8. The predicted octanol–water partition coefficient (Wildman–Crippen LogP) is 1.24. The molecule has 0 saturated heterocycles. The summed E-state index contributed by atoms with van der Waals surface area (Å²) in [5.74, 6) is -0.641. The summed E-state index contributed by atoms with van der Waals surface area (Å²) in [6.45, 7) is 1.98. The average Bonchev–Trinajstić information content (AvgIpc) is 3.04. The van der Waals surface area contributed by atoms with Gasteiger partial charge in [0.25, 0.3) is 5.91 Å². The van der Waals surface area contributed by atoms with Crippen molar-refractivity contribution >= 4 is 11.8 Å². The highest BCUT2D eigenvalue weighted by molar-refractivity contribution is 5.95. The van der Waals surface area contributed by atoms with E-state index >= 15 is 0 Å². The van der Waals surface area contributed by atoms with Gasteiger partial charge in [-0.05, 0) is 36.6 Å². The van der Waals surface area contributed by atoms with Crippen molar-refractivity contribution in [1.29, 1.82) is 0 Å². The second-order valence-electron chi connectivity index (χ2n) is 4.27. The summed E-state index contributed by atoms with van der Waals surface area (Å²) < 4.78 is 12.6. The minimum absolute atomic E-state index is 0.00326. The van der Waals surface area contributed by atoms with Crippen molar-refractivity contribution in [1.82, 2.24) is 10.9 Å². The molecule has 2 amide bonds. The zero-order valence-corrected chi connectivity index (χ0v) is 9.37. The smallest absolute Gasteiger partial charge is 0.269 e. The number of rotatable bonds is 2. The third-order valence-corrected chi connectivity index (χ3v) is 2.85. The lowest BCUT2D eigenvalue weighted by Gasteiger charge is -2.06. The van der Waals surface area contributed by atoms with Crippen molar-refractivity contribution in [2.24, 2.45) is 11.8 Å². The van der Waals surface area contributed by atoms with E-state index in [1.54, 1.807) is 0 Å². The van der Waals surface area contributed by atoms with Gasteiger partial charge in [-0.15, -0.1) is 0 Å². The molecule has 1 aromatic rings. The third-order valence-electron chi connectivity index (χ3n) is 2.85. The maximum Gasteiger partial charge on any atom is 0.269 e. The maximum atomic E-state index is 12.6. The van der Waals surface area contributed by atoms with Crippen LogP contribution in [-0.2, 0) is 4.79 Å². The molecule has 0 spiro atoms. The molecule has 4 nitrogen and oxygen atoms in total. The van der Waals surface area contributed by atoms with E-state index in [0.29, 0.717) is 11.5 Å². The Hall–Kier alpha value is -1.91. The Morgan fingerprint density at radius 2 is 1.82 bits per heavy atom. The summed E-state index contributed by atoms with van der Waals surface area (Å²) in [7, 11) is 0. The topological polar surface area (TPSA) is 58.2 Å². The standard InChI is InChI=1S/C12H13FN2O2/c1-7-6-10(7)12(17)15-14-11(16)8-2-4-9(13)5-3-8/h2-5,7,10H,6H2,1H3,(H,14,16)(H,15,17)/t7-,10-/m1/s1. The van der Waals surface area contributed by atoms with Gasteiger partial charge in [-0.25, -0.2) is 4.39 Å². The number of hydrazine groups is 1. The molecule has 0 heterocycles. The molecular weight excluding hydrogens is 223 g/mol. The van der Waals surface area contributed by atoms with Gasteiger partial charge in [0.05, 0.1) is 0 Å². The molecule has 2 rings (SSSR count). The molecule has 17 heavy (non-hydrogen) atoms. The number of halogens is 1. The molecule has 1 saturated carbocycles. The molecular formula is C12H13FN2O2. The van der Waals surface area contributed by atoms with E-state index < -0.39 is 11.7 Å². The fraction of sp³-hybridized carbons (Fsp3) is 0.333. The fourth-order valence-corrected chi connectivity index (χ4v) is 1.57. The average molecular weight is 236 g/mol. The first kappa shape index (κ1) is 11.6. The lowest BCUT2D eigenvalue weighted by molar-refractivity contribution is -0.123. The molecule has 1 aliphatic rings.